The van der Waals surface area contributed by atoms with Crippen molar-refractivity contribution >= 4 is 17.7 Å². The number of carbonyl (C=O) groups is 2. The van der Waals surface area contributed by atoms with E-state index in [9.17, 15) is 14.7 Å². The van der Waals surface area contributed by atoms with Gasteiger partial charge in [-0.3, -0.25) is 9.79 Å². The molecule has 3 aliphatic heterocycles. The summed E-state index contributed by atoms with van der Waals surface area (Å²) in [4.78, 5) is 29.3. The molecule has 1 fully saturated rings. The maximum Gasteiger partial charge on any atom is 0.326 e. The Kier molecular flexibility index (Phi) is 4.89. The predicted molar refractivity (Wildman–Crippen MR) is 88.9 cm³/mol. The summed E-state index contributed by atoms with van der Waals surface area (Å²) in [6.45, 7) is 0.795. The Balaban J connectivity index is 1.88. The van der Waals surface area contributed by atoms with E-state index in [0.29, 0.717) is 19.3 Å². The number of nitrogens with two attached hydrogens (primary N) is 1. The first-order chi connectivity index (χ1) is 11.5. The van der Waals surface area contributed by atoms with Gasteiger partial charge in [-0.25, -0.2) is 4.79 Å². The summed E-state index contributed by atoms with van der Waals surface area (Å²) in [6.07, 6.45) is 7.41. The van der Waals surface area contributed by atoms with Crippen molar-refractivity contribution in [3.63, 3.8) is 0 Å². The summed E-state index contributed by atoms with van der Waals surface area (Å²) in [5.41, 5.74) is 7.67. The Morgan fingerprint density at radius 2 is 2.08 bits per heavy atom. The molecule has 132 valence electrons. The van der Waals surface area contributed by atoms with Crippen molar-refractivity contribution in [2.75, 3.05) is 6.54 Å². The highest BCUT2D eigenvalue weighted by molar-refractivity contribution is 6.03. The van der Waals surface area contributed by atoms with Crippen LogP contribution in [0.25, 0.3) is 0 Å². The molecule has 3 heterocycles. The number of aliphatic imine (C=N–C) groups is 1. The van der Waals surface area contributed by atoms with Crippen LogP contribution in [0.5, 0.6) is 0 Å². The zero-order valence-corrected chi connectivity index (χ0v) is 13.7. The average Bonchev–Trinajstić information content (AvgIpc) is 2.58. The number of rotatable bonds is 5. The van der Waals surface area contributed by atoms with Gasteiger partial charge in [0.2, 0.25) is 0 Å². The van der Waals surface area contributed by atoms with Crippen molar-refractivity contribution < 1.29 is 19.8 Å². The van der Waals surface area contributed by atoms with Crippen LogP contribution in [0.4, 0.5) is 0 Å². The number of fused-ring (bicyclic) bond motifs is 3. The lowest BCUT2D eigenvalue weighted by Crippen LogP contribution is -2.55. The monoisotopic (exact) mass is 335 g/mol. The summed E-state index contributed by atoms with van der Waals surface area (Å²) >= 11 is 0. The van der Waals surface area contributed by atoms with Crippen molar-refractivity contribution in [1.29, 1.82) is 0 Å². The molecule has 1 saturated heterocycles. The normalized spacial score (nSPS) is 30.5. The van der Waals surface area contributed by atoms with Gasteiger partial charge >= 0.3 is 11.9 Å². The molecule has 4 atom stereocenters. The Morgan fingerprint density at radius 3 is 2.79 bits per heavy atom. The molecule has 0 saturated carbocycles. The van der Waals surface area contributed by atoms with Crippen LogP contribution in [0.3, 0.4) is 0 Å². The molecule has 4 N–H and O–H groups in total. The van der Waals surface area contributed by atoms with Crippen molar-refractivity contribution in [2.45, 2.75) is 63.1 Å². The highest BCUT2D eigenvalue weighted by atomic mass is 16.4. The van der Waals surface area contributed by atoms with E-state index in [1.54, 1.807) is 0 Å². The highest BCUT2D eigenvalue weighted by Crippen LogP contribution is 2.39. The Bertz CT molecular complexity index is 586. The molecule has 0 aromatic rings. The summed E-state index contributed by atoms with van der Waals surface area (Å²) in [6, 6.07) is -1.19. The standard InChI is InChI=1S/C17H25N3O4/c18-12(16(21)22)7-6-10-9-20-13(4-1-5-14(20)17(23)24)11-3-2-8-19-15(10)11/h9,11-14H,1-8,18H2,(H,21,22)(H,23,24)/t11-,12-,13-,14-/m0/s1. The van der Waals surface area contributed by atoms with E-state index in [4.69, 9.17) is 15.8 Å². The minimum atomic E-state index is -1.01. The Morgan fingerprint density at radius 1 is 1.29 bits per heavy atom. The predicted octanol–water partition coefficient (Wildman–Crippen LogP) is 1.23. The fraction of sp³-hybridized carbons (Fsp3) is 0.706. The summed E-state index contributed by atoms with van der Waals surface area (Å²) in [5.74, 6) is -1.52. The lowest BCUT2D eigenvalue weighted by atomic mass is 9.75. The minimum absolute atomic E-state index is 0.204. The average molecular weight is 335 g/mol. The fourth-order valence-electron chi connectivity index (χ4n) is 4.25. The molecule has 7 nitrogen and oxygen atoms in total. The Labute approximate surface area is 141 Å². The van der Waals surface area contributed by atoms with Gasteiger partial charge in [0.05, 0.1) is 0 Å². The van der Waals surface area contributed by atoms with Gasteiger partial charge in [-0.15, -0.1) is 0 Å². The van der Waals surface area contributed by atoms with Gasteiger partial charge in [0, 0.05) is 30.4 Å². The number of carboxylic acids is 2. The molecule has 24 heavy (non-hydrogen) atoms. The lowest BCUT2D eigenvalue weighted by Gasteiger charge is -2.48. The molecule has 3 aliphatic rings. The summed E-state index contributed by atoms with van der Waals surface area (Å²) in [7, 11) is 0. The summed E-state index contributed by atoms with van der Waals surface area (Å²) < 4.78 is 0. The second-order valence-corrected chi connectivity index (χ2v) is 6.95. The van der Waals surface area contributed by atoms with Crippen LogP contribution in [0.2, 0.25) is 0 Å². The third kappa shape index (κ3) is 3.17. The fourth-order valence-corrected chi connectivity index (χ4v) is 4.25. The number of piperidine rings is 1. The number of allylic oxidation sites excluding steroid dienone is 1. The van der Waals surface area contributed by atoms with Gasteiger partial charge in [0.1, 0.15) is 12.1 Å². The first-order valence-electron chi connectivity index (χ1n) is 8.73. The zero-order valence-electron chi connectivity index (χ0n) is 13.7. The molecule has 0 aromatic carbocycles. The van der Waals surface area contributed by atoms with Crippen LogP contribution in [0.1, 0.15) is 44.9 Å². The lowest BCUT2D eigenvalue weighted by molar-refractivity contribution is -0.145. The minimum Gasteiger partial charge on any atom is -0.480 e. The number of aliphatic carboxylic acids is 2. The molecule has 3 rings (SSSR count). The van der Waals surface area contributed by atoms with E-state index in [1.807, 2.05) is 11.1 Å². The van der Waals surface area contributed by atoms with Gasteiger partial charge in [0.15, 0.2) is 0 Å². The smallest absolute Gasteiger partial charge is 0.326 e. The molecular weight excluding hydrogens is 310 g/mol. The first-order valence-corrected chi connectivity index (χ1v) is 8.73. The number of hydrogen-bond acceptors (Lipinski definition) is 5. The molecule has 0 unspecified atom stereocenters. The molecule has 0 aliphatic carbocycles. The molecule has 0 spiro atoms. The number of nitrogens with zero attached hydrogens (tertiary/aromatic N) is 2. The zero-order chi connectivity index (χ0) is 17.3. The van der Waals surface area contributed by atoms with E-state index in [-0.39, 0.29) is 12.0 Å². The second-order valence-electron chi connectivity index (χ2n) is 6.95. The maximum atomic E-state index is 11.6. The number of carboxylic acid groups (broad SMARTS) is 2. The second kappa shape index (κ2) is 6.93. The van der Waals surface area contributed by atoms with Crippen LogP contribution >= 0.6 is 0 Å². The van der Waals surface area contributed by atoms with Crippen LogP contribution in [0.15, 0.2) is 16.8 Å². The van der Waals surface area contributed by atoms with Gasteiger partial charge in [-0.1, -0.05) is 0 Å². The third-order valence-electron chi connectivity index (χ3n) is 5.45. The first kappa shape index (κ1) is 17.0. The van der Waals surface area contributed by atoms with Crippen molar-refractivity contribution in [2.24, 2.45) is 16.6 Å². The van der Waals surface area contributed by atoms with Crippen molar-refractivity contribution in [1.82, 2.24) is 4.90 Å². The maximum absolute atomic E-state index is 11.6. The molecule has 7 heteroatoms. The third-order valence-corrected chi connectivity index (χ3v) is 5.45. The quantitative estimate of drug-likeness (QED) is 0.696. The van der Waals surface area contributed by atoms with E-state index in [0.717, 1.165) is 43.5 Å². The van der Waals surface area contributed by atoms with E-state index in [2.05, 4.69) is 0 Å². The van der Waals surface area contributed by atoms with Gasteiger partial charge in [-0.2, -0.15) is 0 Å². The van der Waals surface area contributed by atoms with Crippen LogP contribution in [0, 0.1) is 5.92 Å². The SMILES string of the molecule is N[C@@H](CCC1=CN2[C@H](C(=O)O)CCC[C@H]2[C@@H]2CCCN=C12)C(=O)O. The van der Waals surface area contributed by atoms with E-state index >= 15 is 0 Å². The van der Waals surface area contributed by atoms with Crippen LogP contribution in [-0.2, 0) is 9.59 Å². The Hall–Kier alpha value is -1.89. The number of hydrogen-bond donors (Lipinski definition) is 3. The van der Waals surface area contributed by atoms with Gasteiger partial charge in [-0.05, 0) is 50.5 Å². The largest absolute Gasteiger partial charge is 0.480 e. The van der Waals surface area contributed by atoms with Crippen molar-refractivity contribution in [3.05, 3.63) is 11.8 Å². The van der Waals surface area contributed by atoms with Crippen LogP contribution in [-0.4, -0.2) is 57.4 Å². The van der Waals surface area contributed by atoms with Gasteiger partial charge < -0.3 is 20.8 Å². The topological polar surface area (TPSA) is 116 Å². The van der Waals surface area contributed by atoms with E-state index < -0.39 is 24.0 Å². The van der Waals surface area contributed by atoms with E-state index in [1.165, 1.54) is 0 Å². The summed E-state index contributed by atoms with van der Waals surface area (Å²) in [5, 5.41) is 18.5. The molecule has 0 amide bonds. The van der Waals surface area contributed by atoms with Crippen LogP contribution < -0.4 is 5.73 Å². The van der Waals surface area contributed by atoms with Gasteiger partial charge in [0.25, 0.3) is 0 Å². The highest BCUT2D eigenvalue weighted by Gasteiger charge is 2.43. The molecular formula is C17H25N3O4. The molecule has 0 radical (unpaired) electrons. The van der Waals surface area contributed by atoms with Crippen molar-refractivity contribution in [3.8, 4) is 0 Å². The molecule has 0 aromatic heterocycles. The molecule has 0 bridgehead atoms.